The molecule has 0 bridgehead atoms. The van der Waals surface area contributed by atoms with E-state index in [9.17, 15) is 19.2 Å². The summed E-state index contributed by atoms with van der Waals surface area (Å²) in [7, 11) is 0. The van der Waals surface area contributed by atoms with Crippen molar-refractivity contribution in [2.75, 3.05) is 13.2 Å². The third kappa shape index (κ3) is 6.74. The fourth-order valence-corrected chi connectivity index (χ4v) is 8.40. The Morgan fingerprint density at radius 3 is 1.15 bits per heavy atom. The van der Waals surface area contributed by atoms with Gasteiger partial charge >= 0.3 is 23.9 Å². The normalized spacial score (nSPS) is 29.3. The van der Waals surface area contributed by atoms with Crippen LogP contribution in [0.2, 0.25) is 30.1 Å². The van der Waals surface area contributed by atoms with Crippen LogP contribution in [0.3, 0.4) is 0 Å². The van der Waals surface area contributed by atoms with Crippen LogP contribution in [0, 0.1) is 46.3 Å². The van der Waals surface area contributed by atoms with Gasteiger partial charge in [-0.2, -0.15) is 0 Å². The summed E-state index contributed by atoms with van der Waals surface area (Å²) in [5.74, 6) is -4.52. The molecule has 262 valence electrons. The Bertz CT molecular complexity index is 1530. The van der Waals surface area contributed by atoms with Gasteiger partial charge in [0.25, 0.3) is 0 Å². The summed E-state index contributed by atoms with van der Waals surface area (Å²) in [5, 5.41) is -1.51. The minimum atomic E-state index is -1.65. The Kier molecular flexibility index (Phi) is 11.6. The molecule has 2 saturated carbocycles. The van der Waals surface area contributed by atoms with Crippen LogP contribution in [-0.4, -0.2) is 37.1 Å². The number of ether oxygens (including phenoxy) is 4. The Hall–Kier alpha value is -1.94. The molecular formula is C34H36Cl6O8. The average Bonchev–Trinajstić information content (AvgIpc) is 3.05. The van der Waals surface area contributed by atoms with E-state index in [1.165, 1.54) is 0 Å². The molecule has 0 aromatic heterocycles. The predicted molar refractivity (Wildman–Crippen MR) is 186 cm³/mol. The molecule has 0 N–H and O–H groups in total. The third-order valence-electron chi connectivity index (χ3n) is 11.6. The van der Waals surface area contributed by atoms with Crippen molar-refractivity contribution >= 4 is 93.5 Å². The van der Waals surface area contributed by atoms with E-state index in [0.717, 1.165) is 12.1 Å². The molecule has 48 heavy (non-hydrogen) atoms. The van der Waals surface area contributed by atoms with Crippen molar-refractivity contribution in [3.05, 3.63) is 53.4 Å². The van der Waals surface area contributed by atoms with E-state index in [1.54, 1.807) is 0 Å². The lowest BCUT2D eigenvalue weighted by molar-refractivity contribution is -0.156. The van der Waals surface area contributed by atoms with Crippen molar-refractivity contribution in [3.63, 3.8) is 0 Å². The van der Waals surface area contributed by atoms with Gasteiger partial charge in [-0.15, -0.1) is 0 Å². The number of carbonyl (C=O) groups is 4. The Morgan fingerprint density at radius 2 is 0.854 bits per heavy atom. The second-order valence-electron chi connectivity index (χ2n) is 13.5. The second-order valence-corrected chi connectivity index (χ2v) is 15.9. The minimum absolute atomic E-state index is 0.0408. The summed E-state index contributed by atoms with van der Waals surface area (Å²) in [6.45, 7) is 16.6. The maximum absolute atomic E-state index is 13.3. The molecule has 2 aliphatic rings. The maximum atomic E-state index is 13.3. The quantitative estimate of drug-likeness (QED) is 0.113. The van der Waals surface area contributed by atoms with E-state index in [4.69, 9.17) is 88.6 Å². The standard InChI is InChI=1S/C34H36Cl6O8/c1-13-15(3)33(7,16(13)4)11-45-29(41)23-25(39)19(35)9-21(37)27(23)47-31(43)32(44)48-28-22(38)10-20(36)26(40)24(28)30(42)46-12-34(8)17(5)14(2)18(34)6/h9-10,13-18H,11-12H2,1-8H3. The monoisotopic (exact) mass is 782 g/mol. The lowest BCUT2D eigenvalue weighted by Gasteiger charge is -2.56. The van der Waals surface area contributed by atoms with E-state index < -0.39 is 46.5 Å². The fraction of sp³-hybridized carbons (Fsp3) is 0.529. The summed E-state index contributed by atoms with van der Waals surface area (Å²) in [5.41, 5.74) is -1.56. The summed E-state index contributed by atoms with van der Waals surface area (Å²) < 4.78 is 21.7. The minimum Gasteiger partial charge on any atom is -0.461 e. The number of carbonyl (C=O) groups excluding carboxylic acids is 4. The highest BCUT2D eigenvalue weighted by Gasteiger charge is 2.54. The molecule has 4 atom stereocenters. The molecule has 0 heterocycles. The number of hydrogen-bond donors (Lipinski definition) is 0. The molecule has 0 amide bonds. The second kappa shape index (κ2) is 14.4. The first-order valence-electron chi connectivity index (χ1n) is 15.3. The highest BCUT2D eigenvalue weighted by molar-refractivity contribution is 6.47. The van der Waals surface area contributed by atoms with Crippen molar-refractivity contribution < 1.29 is 38.1 Å². The van der Waals surface area contributed by atoms with E-state index in [1.807, 2.05) is 13.8 Å². The van der Waals surface area contributed by atoms with Crippen LogP contribution in [0.5, 0.6) is 11.5 Å². The summed E-state index contributed by atoms with van der Waals surface area (Å²) in [6.07, 6.45) is 0. The van der Waals surface area contributed by atoms with E-state index >= 15 is 0 Å². The molecule has 2 fully saturated rings. The SMILES string of the molecule is CC1C(C)C(C)(COC(=O)c2c(Cl)c(Cl)cc(Cl)c2OC(=O)C(=O)Oc2c(Cl)cc(Cl)c(Cl)c2C(=O)OCC2(C)C(C)C(C)C2C)C1C. The van der Waals surface area contributed by atoms with Gasteiger partial charge in [0.2, 0.25) is 0 Å². The zero-order chi connectivity index (χ0) is 36.2. The lowest BCUT2D eigenvalue weighted by Crippen LogP contribution is -2.54. The number of rotatable bonds is 8. The van der Waals surface area contributed by atoms with Gasteiger partial charge in [0.15, 0.2) is 11.5 Å². The van der Waals surface area contributed by atoms with Gasteiger partial charge < -0.3 is 18.9 Å². The molecular weight excluding hydrogens is 749 g/mol. The van der Waals surface area contributed by atoms with Gasteiger partial charge in [0.05, 0.1) is 43.3 Å². The zero-order valence-corrected chi connectivity index (χ0v) is 32.1. The van der Waals surface area contributed by atoms with E-state index in [2.05, 4.69) is 41.5 Å². The average molecular weight is 785 g/mol. The highest BCUT2D eigenvalue weighted by atomic mass is 35.5. The number of halogens is 6. The topological polar surface area (TPSA) is 105 Å². The van der Waals surface area contributed by atoms with Crippen LogP contribution in [0.25, 0.3) is 0 Å². The van der Waals surface area contributed by atoms with Gasteiger partial charge in [0.1, 0.15) is 11.1 Å². The fourth-order valence-electron chi connectivity index (χ4n) is 6.96. The lowest BCUT2D eigenvalue weighted by atomic mass is 9.49. The molecule has 2 aromatic rings. The van der Waals surface area contributed by atoms with Crippen molar-refractivity contribution in [2.45, 2.75) is 55.4 Å². The van der Waals surface area contributed by atoms with Gasteiger partial charge in [-0.05, 0) is 47.6 Å². The van der Waals surface area contributed by atoms with Crippen LogP contribution in [0.15, 0.2) is 12.1 Å². The first-order valence-corrected chi connectivity index (χ1v) is 17.6. The van der Waals surface area contributed by atoms with Crippen LogP contribution in [0.1, 0.15) is 76.1 Å². The number of benzene rings is 2. The molecule has 2 aliphatic carbocycles. The molecule has 2 aromatic carbocycles. The predicted octanol–water partition coefficient (Wildman–Crippen LogP) is 10.3. The number of hydrogen-bond acceptors (Lipinski definition) is 8. The Morgan fingerprint density at radius 1 is 0.562 bits per heavy atom. The van der Waals surface area contributed by atoms with Crippen LogP contribution >= 0.6 is 69.6 Å². The molecule has 4 unspecified atom stereocenters. The Labute approximate surface area is 309 Å². The van der Waals surface area contributed by atoms with E-state index in [0.29, 0.717) is 11.8 Å². The molecule has 14 heteroatoms. The first kappa shape index (κ1) is 38.9. The van der Waals surface area contributed by atoms with Gasteiger partial charge in [0, 0.05) is 10.8 Å². The smallest absolute Gasteiger partial charge is 0.423 e. The van der Waals surface area contributed by atoms with Gasteiger partial charge in [-0.25, -0.2) is 19.2 Å². The highest BCUT2D eigenvalue weighted by Crippen LogP contribution is 2.56. The largest absolute Gasteiger partial charge is 0.461 e. The van der Waals surface area contributed by atoms with E-state index in [-0.39, 0.29) is 77.9 Å². The first-order chi connectivity index (χ1) is 22.2. The number of esters is 4. The Balaban J connectivity index is 1.56. The molecule has 8 nitrogen and oxygen atoms in total. The van der Waals surface area contributed by atoms with Crippen molar-refractivity contribution in [2.24, 2.45) is 46.3 Å². The molecule has 0 saturated heterocycles. The van der Waals surface area contributed by atoms with Crippen molar-refractivity contribution in [1.29, 1.82) is 0 Å². The zero-order valence-electron chi connectivity index (χ0n) is 27.6. The van der Waals surface area contributed by atoms with Gasteiger partial charge in [-0.1, -0.05) is 125 Å². The van der Waals surface area contributed by atoms with Crippen LogP contribution in [0.4, 0.5) is 0 Å². The molecule has 4 rings (SSSR count). The maximum Gasteiger partial charge on any atom is 0.423 e. The molecule has 0 aliphatic heterocycles. The van der Waals surface area contributed by atoms with Crippen LogP contribution in [-0.2, 0) is 19.1 Å². The summed E-state index contributed by atoms with van der Waals surface area (Å²) in [6, 6.07) is 2.26. The van der Waals surface area contributed by atoms with Crippen molar-refractivity contribution in [3.8, 4) is 11.5 Å². The van der Waals surface area contributed by atoms with Gasteiger partial charge in [-0.3, -0.25) is 0 Å². The summed E-state index contributed by atoms with van der Waals surface area (Å²) >= 11 is 37.7. The van der Waals surface area contributed by atoms with Crippen LogP contribution < -0.4 is 9.47 Å². The molecule has 0 spiro atoms. The summed E-state index contributed by atoms with van der Waals surface area (Å²) in [4.78, 5) is 52.8. The van der Waals surface area contributed by atoms with Crippen molar-refractivity contribution in [1.82, 2.24) is 0 Å². The third-order valence-corrected chi connectivity index (χ3v) is 13.7. The molecule has 0 radical (unpaired) electrons.